The second-order valence-corrected chi connectivity index (χ2v) is 3.80. The van der Waals surface area contributed by atoms with Crippen LogP contribution < -0.4 is 5.73 Å². The molecule has 0 fully saturated rings. The summed E-state index contributed by atoms with van der Waals surface area (Å²) in [6.07, 6.45) is 1.73. The van der Waals surface area contributed by atoms with E-state index in [0.29, 0.717) is 0 Å². The van der Waals surface area contributed by atoms with Crippen LogP contribution in [-0.4, -0.2) is 27.3 Å². The Labute approximate surface area is 61.5 Å². The van der Waals surface area contributed by atoms with E-state index in [4.69, 9.17) is 5.73 Å². The number of rotatable bonds is 4. The van der Waals surface area contributed by atoms with Gasteiger partial charge < -0.3 is 5.73 Å². The molecule has 0 rings (SSSR count). The molecule has 2 N–H and O–H groups in total. The minimum absolute atomic E-state index is 0.0787. The Hall–Kier alpha value is -0.130. The summed E-state index contributed by atoms with van der Waals surface area (Å²) in [6.45, 7) is 1.95. The second-order valence-electron chi connectivity index (χ2n) is 2.16. The summed E-state index contributed by atoms with van der Waals surface area (Å²) in [5.41, 5.74) is 5.39. The van der Waals surface area contributed by atoms with Gasteiger partial charge in [0.2, 0.25) is 0 Å². The van der Waals surface area contributed by atoms with Crippen LogP contribution in [0.15, 0.2) is 0 Å². The molecule has 62 valence electrons. The van der Waals surface area contributed by atoms with Crippen LogP contribution in [0.1, 0.15) is 13.3 Å². The highest BCUT2D eigenvalue weighted by Crippen LogP contribution is 1.91. The molecule has 0 bridgehead atoms. The SMILES string of the molecule is CCC(N)COS(C)(=O)=O. The van der Waals surface area contributed by atoms with Gasteiger partial charge in [-0.05, 0) is 6.42 Å². The van der Waals surface area contributed by atoms with Crippen molar-refractivity contribution in [3.8, 4) is 0 Å². The minimum atomic E-state index is -3.31. The zero-order valence-electron chi connectivity index (χ0n) is 6.20. The fourth-order valence-corrected chi connectivity index (χ4v) is 0.751. The average molecular weight is 167 g/mol. The maximum Gasteiger partial charge on any atom is 0.264 e. The molecule has 0 aromatic carbocycles. The number of hydrogen-bond donors (Lipinski definition) is 1. The summed E-state index contributed by atoms with van der Waals surface area (Å²) in [4.78, 5) is 0. The van der Waals surface area contributed by atoms with Gasteiger partial charge >= 0.3 is 0 Å². The van der Waals surface area contributed by atoms with Crippen LogP contribution in [0.5, 0.6) is 0 Å². The number of nitrogens with two attached hydrogens (primary N) is 1. The fraction of sp³-hybridized carbons (Fsp3) is 1.00. The Morgan fingerprint density at radius 1 is 1.60 bits per heavy atom. The lowest BCUT2D eigenvalue weighted by Crippen LogP contribution is -2.26. The topological polar surface area (TPSA) is 69.4 Å². The zero-order chi connectivity index (χ0) is 8.20. The minimum Gasteiger partial charge on any atom is -0.326 e. The Kier molecular flexibility index (Phi) is 3.85. The first-order valence-electron chi connectivity index (χ1n) is 3.05. The molecule has 0 aliphatic carbocycles. The third-order valence-electron chi connectivity index (χ3n) is 1.02. The summed E-state index contributed by atoms with van der Waals surface area (Å²) in [6, 6.07) is -0.185. The normalized spacial score (nSPS) is 15.1. The summed E-state index contributed by atoms with van der Waals surface area (Å²) >= 11 is 0. The van der Waals surface area contributed by atoms with E-state index >= 15 is 0 Å². The van der Waals surface area contributed by atoms with Gasteiger partial charge in [-0.25, -0.2) is 0 Å². The largest absolute Gasteiger partial charge is 0.326 e. The van der Waals surface area contributed by atoms with Crippen LogP contribution in [0.25, 0.3) is 0 Å². The average Bonchev–Trinajstić information content (AvgIpc) is 1.81. The summed E-state index contributed by atoms with van der Waals surface area (Å²) in [5, 5.41) is 0. The van der Waals surface area contributed by atoms with Crippen molar-refractivity contribution >= 4 is 10.1 Å². The van der Waals surface area contributed by atoms with Crippen LogP contribution in [0.3, 0.4) is 0 Å². The van der Waals surface area contributed by atoms with Crippen molar-refractivity contribution in [2.24, 2.45) is 5.73 Å². The van der Waals surface area contributed by atoms with Crippen LogP contribution in [0.4, 0.5) is 0 Å². The second kappa shape index (κ2) is 3.90. The van der Waals surface area contributed by atoms with Crippen LogP contribution in [0.2, 0.25) is 0 Å². The third-order valence-corrected chi connectivity index (χ3v) is 1.58. The van der Waals surface area contributed by atoms with Gasteiger partial charge in [-0.1, -0.05) is 6.92 Å². The van der Waals surface area contributed by atoms with Gasteiger partial charge in [0, 0.05) is 6.04 Å². The van der Waals surface area contributed by atoms with Crippen molar-refractivity contribution < 1.29 is 12.6 Å². The first-order chi connectivity index (χ1) is 4.45. The van der Waals surface area contributed by atoms with Crippen LogP contribution in [-0.2, 0) is 14.3 Å². The highest BCUT2D eigenvalue weighted by atomic mass is 32.2. The molecule has 0 amide bonds. The summed E-state index contributed by atoms with van der Waals surface area (Å²) < 4.78 is 25.2. The van der Waals surface area contributed by atoms with E-state index in [1.807, 2.05) is 6.92 Å². The van der Waals surface area contributed by atoms with Crippen LogP contribution in [0, 0.1) is 0 Å². The highest BCUT2D eigenvalue weighted by molar-refractivity contribution is 7.85. The molecule has 0 saturated heterocycles. The summed E-state index contributed by atoms with van der Waals surface area (Å²) in [7, 11) is -3.31. The number of hydrogen-bond acceptors (Lipinski definition) is 4. The smallest absolute Gasteiger partial charge is 0.264 e. The Bertz CT molecular complexity index is 175. The van der Waals surface area contributed by atoms with Gasteiger partial charge in [-0.15, -0.1) is 0 Å². The van der Waals surface area contributed by atoms with Gasteiger partial charge in [-0.2, -0.15) is 8.42 Å². The van der Waals surface area contributed by atoms with E-state index in [0.717, 1.165) is 12.7 Å². The molecule has 0 aliphatic rings. The molecule has 5 heteroatoms. The summed E-state index contributed by atoms with van der Waals surface area (Å²) in [5.74, 6) is 0. The van der Waals surface area contributed by atoms with Crippen LogP contribution >= 0.6 is 0 Å². The van der Waals surface area contributed by atoms with Crippen molar-refractivity contribution in [1.82, 2.24) is 0 Å². The Balaban J connectivity index is 3.56. The van der Waals surface area contributed by atoms with Crippen molar-refractivity contribution in [1.29, 1.82) is 0 Å². The highest BCUT2D eigenvalue weighted by Gasteiger charge is 2.04. The standard InChI is InChI=1S/C5H13NO3S/c1-3-5(6)4-9-10(2,7)8/h5H,3-4,6H2,1-2H3. The molecule has 0 heterocycles. The molecule has 1 unspecified atom stereocenters. The van der Waals surface area contributed by atoms with E-state index in [1.165, 1.54) is 0 Å². The Morgan fingerprint density at radius 2 is 2.10 bits per heavy atom. The van der Waals surface area contributed by atoms with Gasteiger partial charge in [0.15, 0.2) is 0 Å². The van der Waals surface area contributed by atoms with E-state index in [2.05, 4.69) is 4.18 Å². The molecule has 0 saturated carbocycles. The van der Waals surface area contributed by atoms with Crippen molar-refractivity contribution in [3.63, 3.8) is 0 Å². The lowest BCUT2D eigenvalue weighted by Gasteiger charge is -2.06. The van der Waals surface area contributed by atoms with Gasteiger partial charge in [-0.3, -0.25) is 4.18 Å². The van der Waals surface area contributed by atoms with Crippen molar-refractivity contribution in [2.45, 2.75) is 19.4 Å². The molecule has 4 nitrogen and oxygen atoms in total. The maximum atomic E-state index is 10.4. The fourth-order valence-electron chi connectivity index (χ4n) is 0.329. The quantitative estimate of drug-likeness (QED) is 0.584. The predicted octanol–water partition coefficient (Wildman–Crippen LogP) is -0.300. The molecule has 0 aliphatic heterocycles. The van der Waals surface area contributed by atoms with E-state index in [1.54, 1.807) is 0 Å². The molecular formula is C5H13NO3S. The predicted molar refractivity (Wildman–Crippen MR) is 39.1 cm³/mol. The lowest BCUT2D eigenvalue weighted by molar-refractivity contribution is 0.291. The zero-order valence-corrected chi connectivity index (χ0v) is 7.02. The van der Waals surface area contributed by atoms with E-state index in [9.17, 15) is 8.42 Å². The van der Waals surface area contributed by atoms with Gasteiger partial charge in [0.25, 0.3) is 10.1 Å². The van der Waals surface area contributed by atoms with Crippen molar-refractivity contribution in [3.05, 3.63) is 0 Å². The first kappa shape index (κ1) is 9.87. The maximum absolute atomic E-state index is 10.4. The molecule has 0 aromatic rings. The molecule has 0 radical (unpaired) electrons. The van der Waals surface area contributed by atoms with Gasteiger partial charge in [0.1, 0.15) is 0 Å². The lowest BCUT2D eigenvalue weighted by atomic mass is 10.3. The third kappa shape index (κ3) is 6.00. The monoisotopic (exact) mass is 167 g/mol. The molecule has 10 heavy (non-hydrogen) atoms. The molecule has 0 spiro atoms. The van der Waals surface area contributed by atoms with E-state index in [-0.39, 0.29) is 12.6 Å². The van der Waals surface area contributed by atoms with Crippen molar-refractivity contribution in [2.75, 3.05) is 12.9 Å². The Morgan fingerprint density at radius 3 is 2.40 bits per heavy atom. The molecule has 1 atom stereocenters. The van der Waals surface area contributed by atoms with E-state index < -0.39 is 10.1 Å². The van der Waals surface area contributed by atoms with Gasteiger partial charge in [0.05, 0.1) is 12.9 Å². The molecular weight excluding hydrogens is 154 g/mol. The molecule has 0 aromatic heterocycles. The first-order valence-corrected chi connectivity index (χ1v) is 4.87.